The smallest absolute Gasteiger partial charge is 0.244 e. The van der Waals surface area contributed by atoms with Crippen molar-refractivity contribution in [2.75, 3.05) is 18.9 Å². The van der Waals surface area contributed by atoms with Gasteiger partial charge in [0.1, 0.15) is 6.54 Å². The van der Waals surface area contributed by atoms with Crippen LogP contribution in [0.2, 0.25) is 5.02 Å². The third-order valence-electron chi connectivity index (χ3n) is 4.27. The molecule has 6 heteroatoms. The Morgan fingerprint density at radius 1 is 1.12 bits per heavy atom. The molecule has 0 aliphatic heterocycles. The first-order chi connectivity index (χ1) is 12.5. The van der Waals surface area contributed by atoms with E-state index in [1.165, 1.54) is 4.90 Å². The lowest BCUT2D eigenvalue weighted by Gasteiger charge is -2.18. The predicted molar refractivity (Wildman–Crippen MR) is 104 cm³/mol. The van der Waals surface area contributed by atoms with Crippen molar-refractivity contribution in [2.24, 2.45) is 0 Å². The van der Waals surface area contributed by atoms with E-state index in [1.807, 2.05) is 41.8 Å². The summed E-state index contributed by atoms with van der Waals surface area (Å²) in [5.41, 5.74) is 2.55. The maximum atomic E-state index is 12.6. The van der Waals surface area contributed by atoms with Crippen LogP contribution in [0.15, 0.2) is 54.6 Å². The van der Waals surface area contributed by atoms with Crippen molar-refractivity contribution in [1.82, 2.24) is 9.47 Å². The van der Waals surface area contributed by atoms with Crippen molar-refractivity contribution in [1.29, 1.82) is 0 Å². The van der Waals surface area contributed by atoms with Crippen LogP contribution in [0.5, 0.6) is 0 Å². The third-order valence-corrected chi connectivity index (χ3v) is 4.60. The van der Waals surface area contributed by atoms with Crippen molar-refractivity contribution in [3.05, 3.63) is 65.3 Å². The highest BCUT2D eigenvalue weighted by Crippen LogP contribution is 2.21. The Morgan fingerprint density at radius 2 is 1.81 bits per heavy atom. The number of likely N-dealkylation sites (N-methyl/N-ethyl adjacent to an activating group) is 1. The van der Waals surface area contributed by atoms with E-state index in [1.54, 1.807) is 31.3 Å². The first-order valence-corrected chi connectivity index (χ1v) is 8.66. The van der Waals surface area contributed by atoms with Gasteiger partial charge >= 0.3 is 0 Å². The summed E-state index contributed by atoms with van der Waals surface area (Å²) in [6, 6.07) is 17.0. The zero-order chi connectivity index (χ0) is 18.7. The number of benzene rings is 2. The number of halogens is 1. The molecule has 0 spiro atoms. The average molecular weight is 370 g/mol. The molecule has 0 radical (unpaired) electrons. The Labute approximate surface area is 157 Å². The van der Waals surface area contributed by atoms with Crippen LogP contribution in [-0.4, -0.2) is 34.9 Å². The fourth-order valence-corrected chi connectivity index (χ4v) is 3.05. The molecule has 2 amide bonds. The zero-order valence-electron chi connectivity index (χ0n) is 14.7. The summed E-state index contributed by atoms with van der Waals surface area (Å²) in [5.74, 6) is -0.424. The second kappa shape index (κ2) is 7.62. The summed E-state index contributed by atoms with van der Waals surface area (Å²) in [4.78, 5) is 26.2. The monoisotopic (exact) mass is 369 g/mol. The Hall–Kier alpha value is -2.79. The summed E-state index contributed by atoms with van der Waals surface area (Å²) in [7, 11) is 1.62. The number of nitrogens with zero attached hydrogens (tertiary/aromatic N) is 2. The van der Waals surface area contributed by atoms with Gasteiger partial charge in [-0.2, -0.15) is 0 Å². The van der Waals surface area contributed by atoms with Crippen LogP contribution in [0.3, 0.4) is 0 Å². The minimum Gasteiger partial charge on any atom is -0.335 e. The SMILES string of the molecule is Cc1cc2ccccc2n1CC(=O)N(C)CC(=O)Nc1ccccc1Cl. The summed E-state index contributed by atoms with van der Waals surface area (Å²) in [5, 5.41) is 4.28. The second-order valence-electron chi connectivity index (χ2n) is 6.21. The van der Waals surface area contributed by atoms with Crippen molar-refractivity contribution in [3.8, 4) is 0 Å². The third kappa shape index (κ3) is 3.89. The maximum absolute atomic E-state index is 12.6. The van der Waals surface area contributed by atoms with Crippen LogP contribution >= 0.6 is 11.6 Å². The molecular weight excluding hydrogens is 350 g/mol. The number of aromatic nitrogens is 1. The molecule has 134 valence electrons. The van der Waals surface area contributed by atoms with E-state index in [4.69, 9.17) is 11.6 Å². The van der Waals surface area contributed by atoms with E-state index in [-0.39, 0.29) is 24.9 Å². The van der Waals surface area contributed by atoms with Gasteiger partial charge in [0.25, 0.3) is 0 Å². The lowest BCUT2D eigenvalue weighted by Crippen LogP contribution is -2.37. The van der Waals surface area contributed by atoms with Gasteiger partial charge in [0, 0.05) is 18.3 Å². The highest BCUT2D eigenvalue weighted by atomic mass is 35.5. The number of fused-ring (bicyclic) bond motifs is 1. The van der Waals surface area contributed by atoms with E-state index in [0.717, 1.165) is 16.6 Å². The number of amides is 2. The number of para-hydroxylation sites is 2. The number of hydrogen-bond donors (Lipinski definition) is 1. The van der Waals surface area contributed by atoms with Crippen molar-refractivity contribution in [2.45, 2.75) is 13.5 Å². The van der Waals surface area contributed by atoms with Crippen molar-refractivity contribution < 1.29 is 9.59 Å². The molecule has 3 aromatic rings. The molecule has 3 rings (SSSR count). The van der Waals surface area contributed by atoms with Crippen molar-refractivity contribution in [3.63, 3.8) is 0 Å². The van der Waals surface area contributed by atoms with Crippen LogP contribution < -0.4 is 5.32 Å². The van der Waals surface area contributed by atoms with Gasteiger partial charge in [-0.1, -0.05) is 41.9 Å². The van der Waals surface area contributed by atoms with Crippen LogP contribution in [-0.2, 0) is 16.1 Å². The largest absolute Gasteiger partial charge is 0.335 e. The van der Waals surface area contributed by atoms with Gasteiger partial charge in [0.15, 0.2) is 0 Å². The van der Waals surface area contributed by atoms with E-state index < -0.39 is 0 Å². The standard InChI is InChI=1S/C20H20ClN3O2/c1-14-11-15-7-3-6-10-18(15)24(14)13-20(26)23(2)12-19(25)22-17-9-5-4-8-16(17)21/h3-11H,12-13H2,1-2H3,(H,22,25). The highest BCUT2D eigenvalue weighted by Gasteiger charge is 2.16. The molecule has 1 aromatic heterocycles. The summed E-state index contributed by atoms with van der Waals surface area (Å²) < 4.78 is 1.96. The molecule has 5 nitrogen and oxygen atoms in total. The summed E-state index contributed by atoms with van der Waals surface area (Å²) in [6.07, 6.45) is 0. The van der Waals surface area contributed by atoms with E-state index in [0.29, 0.717) is 10.7 Å². The Kier molecular flexibility index (Phi) is 5.28. The quantitative estimate of drug-likeness (QED) is 0.745. The zero-order valence-corrected chi connectivity index (χ0v) is 15.5. The van der Waals surface area contributed by atoms with Gasteiger partial charge < -0.3 is 14.8 Å². The number of anilines is 1. The fourth-order valence-electron chi connectivity index (χ4n) is 2.87. The lowest BCUT2D eigenvalue weighted by molar-refractivity contribution is -0.133. The molecule has 1 N–H and O–H groups in total. The highest BCUT2D eigenvalue weighted by molar-refractivity contribution is 6.33. The molecule has 0 atom stereocenters. The minimum atomic E-state index is -0.289. The molecule has 0 unspecified atom stereocenters. The molecule has 2 aromatic carbocycles. The van der Waals surface area contributed by atoms with E-state index >= 15 is 0 Å². The van der Waals surface area contributed by atoms with Gasteiger partial charge in [0.05, 0.1) is 17.3 Å². The molecule has 0 bridgehead atoms. The van der Waals surface area contributed by atoms with Gasteiger partial charge in [0.2, 0.25) is 11.8 Å². The topological polar surface area (TPSA) is 54.3 Å². The number of aryl methyl sites for hydroxylation is 1. The first-order valence-electron chi connectivity index (χ1n) is 8.29. The van der Waals surface area contributed by atoms with Crippen LogP contribution in [0.25, 0.3) is 10.9 Å². The van der Waals surface area contributed by atoms with Gasteiger partial charge in [-0.25, -0.2) is 0 Å². The average Bonchev–Trinajstić information content (AvgIpc) is 2.92. The maximum Gasteiger partial charge on any atom is 0.244 e. The van der Waals surface area contributed by atoms with Gasteiger partial charge in [-0.3, -0.25) is 9.59 Å². The van der Waals surface area contributed by atoms with E-state index in [2.05, 4.69) is 5.32 Å². The van der Waals surface area contributed by atoms with Gasteiger partial charge in [-0.05, 0) is 36.6 Å². The second-order valence-corrected chi connectivity index (χ2v) is 6.62. The number of nitrogens with one attached hydrogen (secondary N) is 1. The number of rotatable bonds is 5. The number of hydrogen-bond acceptors (Lipinski definition) is 2. The van der Waals surface area contributed by atoms with Crippen LogP contribution in [0.1, 0.15) is 5.69 Å². The predicted octanol–water partition coefficient (Wildman–Crippen LogP) is 3.70. The number of carbonyl (C=O) groups excluding carboxylic acids is 2. The fraction of sp³-hybridized carbons (Fsp3) is 0.200. The Bertz CT molecular complexity index is 965. The van der Waals surface area contributed by atoms with E-state index in [9.17, 15) is 9.59 Å². The molecule has 0 aliphatic rings. The van der Waals surface area contributed by atoms with Gasteiger partial charge in [-0.15, -0.1) is 0 Å². The molecule has 0 saturated carbocycles. The summed E-state index contributed by atoms with van der Waals surface area (Å²) >= 11 is 6.04. The lowest BCUT2D eigenvalue weighted by atomic mass is 10.2. The molecule has 26 heavy (non-hydrogen) atoms. The molecule has 0 aliphatic carbocycles. The minimum absolute atomic E-state index is 0.0394. The Morgan fingerprint density at radius 3 is 2.58 bits per heavy atom. The van der Waals surface area contributed by atoms with Crippen molar-refractivity contribution >= 4 is 40.0 Å². The van der Waals surface area contributed by atoms with Crippen LogP contribution in [0, 0.1) is 6.92 Å². The number of carbonyl (C=O) groups is 2. The summed E-state index contributed by atoms with van der Waals surface area (Å²) in [6.45, 7) is 2.12. The molecule has 1 heterocycles. The molecule has 0 saturated heterocycles. The normalized spacial score (nSPS) is 10.7. The van der Waals surface area contributed by atoms with Crippen LogP contribution in [0.4, 0.5) is 5.69 Å². The first kappa shape index (κ1) is 18.0. The Balaban J connectivity index is 1.65. The molecular formula is C20H20ClN3O2. The molecule has 0 fully saturated rings.